The Labute approximate surface area is 105 Å². The zero-order chi connectivity index (χ0) is 13.1. The fourth-order valence-electron chi connectivity index (χ4n) is 1.57. The molecular formula is C13H26N2O2. The maximum Gasteiger partial charge on any atom is 0.0683 e. The van der Waals surface area contributed by atoms with Crippen LogP contribution in [-0.2, 0) is 4.74 Å². The molecule has 0 aromatic rings. The summed E-state index contributed by atoms with van der Waals surface area (Å²) in [6.45, 7) is 5.63. The maximum atomic E-state index is 9.12. The molecule has 0 heterocycles. The number of hydrogen-bond acceptors (Lipinski definition) is 4. The van der Waals surface area contributed by atoms with Crippen molar-refractivity contribution >= 4 is 0 Å². The molecule has 0 aromatic carbocycles. The summed E-state index contributed by atoms with van der Waals surface area (Å²) in [6, 6.07) is 2.43. The lowest BCUT2D eigenvalue weighted by molar-refractivity contribution is 0.159. The second kappa shape index (κ2) is 9.41. The number of nitrogens with one attached hydrogen (secondary N) is 1. The van der Waals surface area contributed by atoms with Crippen LogP contribution in [0.25, 0.3) is 0 Å². The number of hydrogen-bond donors (Lipinski definition) is 2. The van der Waals surface area contributed by atoms with Crippen LogP contribution in [0.1, 0.15) is 39.5 Å². The van der Waals surface area contributed by atoms with Crippen molar-refractivity contribution in [3.05, 3.63) is 0 Å². The molecule has 4 nitrogen and oxygen atoms in total. The van der Waals surface area contributed by atoms with Crippen LogP contribution in [0.2, 0.25) is 0 Å². The standard InChI is InChI=1S/C13H26N2O2/c1-13(2,11-14)7-4-5-8-15-12(10-16)6-9-17-3/h12,15-16H,4-10H2,1-3H3. The summed E-state index contributed by atoms with van der Waals surface area (Å²) >= 11 is 0. The summed E-state index contributed by atoms with van der Waals surface area (Å²) in [7, 11) is 1.67. The number of nitrogens with zero attached hydrogens (tertiary/aromatic N) is 1. The van der Waals surface area contributed by atoms with E-state index < -0.39 is 0 Å². The predicted octanol–water partition coefficient (Wildman–Crippen LogP) is 1.69. The summed E-state index contributed by atoms with van der Waals surface area (Å²) in [5.41, 5.74) is -0.216. The number of methoxy groups -OCH3 is 1. The van der Waals surface area contributed by atoms with Crippen molar-refractivity contribution in [2.24, 2.45) is 5.41 Å². The molecule has 0 saturated heterocycles. The lowest BCUT2D eigenvalue weighted by Gasteiger charge is -2.17. The highest BCUT2D eigenvalue weighted by molar-refractivity contribution is 4.91. The zero-order valence-corrected chi connectivity index (χ0v) is 11.3. The van der Waals surface area contributed by atoms with Gasteiger partial charge in [-0.3, -0.25) is 0 Å². The van der Waals surface area contributed by atoms with Crippen molar-refractivity contribution in [2.75, 3.05) is 26.9 Å². The Balaban J connectivity index is 3.53. The number of aliphatic hydroxyl groups is 1. The zero-order valence-electron chi connectivity index (χ0n) is 11.3. The van der Waals surface area contributed by atoms with Crippen LogP contribution < -0.4 is 5.32 Å². The van der Waals surface area contributed by atoms with Crippen LogP contribution in [0.4, 0.5) is 0 Å². The van der Waals surface area contributed by atoms with Crippen molar-refractivity contribution < 1.29 is 9.84 Å². The summed E-state index contributed by atoms with van der Waals surface area (Å²) in [6.07, 6.45) is 3.83. The molecule has 0 radical (unpaired) electrons. The molecule has 17 heavy (non-hydrogen) atoms. The van der Waals surface area contributed by atoms with Crippen molar-refractivity contribution in [1.82, 2.24) is 5.32 Å². The highest BCUT2D eigenvalue weighted by Crippen LogP contribution is 2.21. The summed E-state index contributed by atoms with van der Waals surface area (Å²) in [5, 5.41) is 21.3. The third kappa shape index (κ3) is 9.11. The van der Waals surface area contributed by atoms with Crippen molar-refractivity contribution in [1.29, 1.82) is 5.26 Å². The lowest BCUT2D eigenvalue weighted by atomic mass is 9.89. The Hall–Kier alpha value is -0.630. The number of rotatable bonds is 10. The molecule has 100 valence electrons. The van der Waals surface area contributed by atoms with E-state index in [9.17, 15) is 0 Å². The van der Waals surface area contributed by atoms with Crippen molar-refractivity contribution in [3.8, 4) is 6.07 Å². The van der Waals surface area contributed by atoms with E-state index in [2.05, 4.69) is 11.4 Å². The van der Waals surface area contributed by atoms with Gasteiger partial charge in [0.15, 0.2) is 0 Å². The van der Waals surface area contributed by atoms with Crippen molar-refractivity contribution in [2.45, 2.75) is 45.6 Å². The molecule has 0 aliphatic heterocycles. The average molecular weight is 242 g/mol. The van der Waals surface area contributed by atoms with Gasteiger partial charge in [0.1, 0.15) is 0 Å². The predicted molar refractivity (Wildman–Crippen MR) is 68.6 cm³/mol. The van der Waals surface area contributed by atoms with Gasteiger partial charge in [-0.15, -0.1) is 0 Å². The Bertz CT molecular complexity index is 224. The molecule has 0 saturated carbocycles. The van der Waals surface area contributed by atoms with Crippen LogP contribution in [-0.4, -0.2) is 38.0 Å². The highest BCUT2D eigenvalue weighted by atomic mass is 16.5. The highest BCUT2D eigenvalue weighted by Gasteiger charge is 2.15. The van der Waals surface area contributed by atoms with E-state index in [0.717, 1.165) is 32.2 Å². The van der Waals surface area contributed by atoms with Gasteiger partial charge in [0.2, 0.25) is 0 Å². The first kappa shape index (κ1) is 16.4. The Morgan fingerprint density at radius 1 is 1.41 bits per heavy atom. The first-order chi connectivity index (χ1) is 8.05. The first-order valence-corrected chi connectivity index (χ1v) is 6.30. The molecule has 0 fully saturated rings. The van der Waals surface area contributed by atoms with Crippen molar-refractivity contribution in [3.63, 3.8) is 0 Å². The molecule has 0 aliphatic rings. The molecule has 1 atom stereocenters. The number of nitriles is 1. The molecular weight excluding hydrogens is 216 g/mol. The van der Waals surface area contributed by atoms with Crippen LogP contribution >= 0.6 is 0 Å². The molecule has 0 aromatic heterocycles. The van der Waals surface area contributed by atoms with E-state index >= 15 is 0 Å². The second-order valence-corrected chi connectivity index (χ2v) is 5.07. The van der Waals surface area contributed by atoms with Crippen LogP contribution in [0.15, 0.2) is 0 Å². The smallest absolute Gasteiger partial charge is 0.0683 e. The Morgan fingerprint density at radius 3 is 2.65 bits per heavy atom. The third-order valence-electron chi connectivity index (χ3n) is 2.86. The maximum absolute atomic E-state index is 9.12. The van der Waals surface area contributed by atoms with E-state index in [1.54, 1.807) is 7.11 Å². The summed E-state index contributed by atoms with van der Waals surface area (Å²) in [4.78, 5) is 0. The van der Waals surface area contributed by atoms with Gasteiger partial charge < -0.3 is 15.2 Å². The van der Waals surface area contributed by atoms with Gasteiger partial charge >= 0.3 is 0 Å². The molecule has 4 heteroatoms. The van der Waals surface area contributed by atoms with E-state index in [1.807, 2.05) is 13.8 Å². The minimum Gasteiger partial charge on any atom is -0.395 e. The fraction of sp³-hybridized carbons (Fsp3) is 0.923. The lowest BCUT2D eigenvalue weighted by Crippen LogP contribution is -2.34. The van der Waals surface area contributed by atoms with Gasteiger partial charge in [0.05, 0.1) is 18.1 Å². The van der Waals surface area contributed by atoms with Crippen LogP contribution in [0.3, 0.4) is 0 Å². The summed E-state index contributed by atoms with van der Waals surface area (Å²) < 4.78 is 4.97. The van der Waals surface area contributed by atoms with Crippen LogP contribution in [0, 0.1) is 16.7 Å². The van der Waals surface area contributed by atoms with Gasteiger partial charge in [0, 0.05) is 19.8 Å². The molecule has 0 aliphatic carbocycles. The fourth-order valence-corrected chi connectivity index (χ4v) is 1.57. The molecule has 0 bridgehead atoms. The van der Waals surface area contributed by atoms with E-state index in [-0.39, 0.29) is 18.1 Å². The quantitative estimate of drug-likeness (QED) is 0.572. The molecule has 0 spiro atoms. The largest absolute Gasteiger partial charge is 0.395 e. The molecule has 1 unspecified atom stereocenters. The molecule has 0 rings (SSSR count). The van der Waals surface area contributed by atoms with Gasteiger partial charge in [-0.25, -0.2) is 0 Å². The molecule has 0 amide bonds. The average Bonchev–Trinajstić information content (AvgIpc) is 2.32. The minimum absolute atomic E-state index is 0.124. The minimum atomic E-state index is -0.216. The number of ether oxygens (including phenoxy) is 1. The van der Waals surface area contributed by atoms with E-state index in [4.69, 9.17) is 15.1 Å². The van der Waals surface area contributed by atoms with Gasteiger partial charge in [-0.2, -0.15) is 5.26 Å². The Kier molecular flexibility index (Phi) is 9.06. The number of aliphatic hydroxyl groups excluding tert-OH is 1. The normalized spacial score (nSPS) is 13.4. The van der Waals surface area contributed by atoms with Gasteiger partial charge in [0.25, 0.3) is 0 Å². The van der Waals surface area contributed by atoms with Crippen LogP contribution in [0.5, 0.6) is 0 Å². The van der Waals surface area contributed by atoms with E-state index in [1.165, 1.54) is 0 Å². The topological polar surface area (TPSA) is 65.3 Å². The van der Waals surface area contributed by atoms with Gasteiger partial charge in [-0.05, 0) is 39.7 Å². The first-order valence-electron chi connectivity index (χ1n) is 6.30. The van der Waals surface area contributed by atoms with Gasteiger partial charge in [-0.1, -0.05) is 6.42 Å². The monoisotopic (exact) mass is 242 g/mol. The SMILES string of the molecule is COCCC(CO)NCCCCC(C)(C)C#N. The number of unbranched alkanes of at least 4 members (excludes halogenated alkanes) is 1. The molecule has 2 N–H and O–H groups in total. The summed E-state index contributed by atoms with van der Waals surface area (Å²) in [5.74, 6) is 0. The van der Waals surface area contributed by atoms with E-state index in [0.29, 0.717) is 6.61 Å². The second-order valence-electron chi connectivity index (χ2n) is 5.07. The third-order valence-corrected chi connectivity index (χ3v) is 2.86. The Morgan fingerprint density at radius 2 is 2.12 bits per heavy atom.